The van der Waals surface area contributed by atoms with Crippen molar-refractivity contribution >= 4 is 15.7 Å². The number of hydrogen-bond acceptors (Lipinski definition) is 6. The number of methoxy groups -OCH3 is 1. The van der Waals surface area contributed by atoms with Crippen LogP contribution < -0.4 is 9.47 Å². The Hall–Kier alpha value is -1.94. The summed E-state index contributed by atoms with van der Waals surface area (Å²) in [7, 11) is 1.34. The van der Waals surface area contributed by atoms with Crippen LogP contribution in [0.1, 0.15) is 16.8 Å². The number of halogens is 2. The average Bonchev–Trinajstić information content (AvgIpc) is 2.86. The van der Waals surface area contributed by atoms with Gasteiger partial charge in [0, 0.05) is 19.7 Å². The van der Waals surface area contributed by atoms with E-state index in [1.807, 2.05) is 0 Å². The second-order valence-corrected chi connectivity index (χ2v) is 8.03. The van der Waals surface area contributed by atoms with Gasteiger partial charge < -0.3 is 9.47 Å². The number of hydrazine groups is 1. The summed E-state index contributed by atoms with van der Waals surface area (Å²) >= 11 is 0. The molecule has 0 saturated carbocycles. The molecule has 1 atom stereocenters. The van der Waals surface area contributed by atoms with E-state index in [0.29, 0.717) is 6.42 Å². The van der Waals surface area contributed by atoms with Gasteiger partial charge >= 0.3 is 6.61 Å². The highest BCUT2D eigenvalue weighted by atomic mass is 32.2. The van der Waals surface area contributed by atoms with Gasteiger partial charge in [-0.2, -0.15) is 8.78 Å². The molecule has 2 rings (SSSR count). The van der Waals surface area contributed by atoms with Gasteiger partial charge in [-0.05, 0) is 24.6 Å². The maximum Gasteiger partial charge on any atom is 0.387 e. The normalized spacial score (nSPS) is 19.2. The molecule has 7 nitrogen and oxygen atoms in total. The van der Waals surface area contributed by atoms with Crippen molar-refractivity contribution in [1.29, 1.82) is 0 Å². The SMILES string of the molecule is COc1ccc(C(=O)N(C2CCS(=O)(=O)C2)N(C)C)cc1OC(F)F. The predicted molar refractivity (Wildman–Crippen MR) is 86.5 cm³/mol. The Kier molecular flexibility index (Phi) is 5.83. The third-order valence-corrected chi connectivity index (χ3v) is 5.57. The largest absolute Gasteiger partial charge is 0.493 e. The first-order valence-corrected chi connectivity index (χ1v) is 9.31. The van der Waals surface area contributed by atoms with E-state index < -0.39 is 28.4 Å². The Labute approximate surface area is 145 Å². The molecule has 1 aliphatic heterocycles. The third-order valence-electron chi connectivity index (χ3n) is 3.82. The van der Waals surface area contributed by atoms with Crippen LogP contribution >= 0.6 is 0 Å². The summed E-state index contributed by atoms with van der Waals surface area (Å²) in [4.78, 5) is 12.8. The molecule has 1 amide bonds. The molecule has 0 aliphatic carbocycles. The van der Waals surface area contributed by atoms with E-state index in [1.165, 1.54) is 29.3 Å². The number of carbonyl (C=O) groups excluding carboxylic acids is 1. The Bertz CT molecular complexity index is 739. The molecule has 10 heteroatoms. The first-order valence-electron chi connectivity index (χ1n) is 7.48. The van der Waals surface area contributed by atoms with Gasteiger partial charge in [0.25, 0.3) is 5.91 Å². The number of nitrogens with zero attached hydrogens (tertiary/aromatic N) is 2. The van der Waals surface area contributed by atoms with Gasteiger partial charge in [0.05, 0.1) is 24.7 Å². The molecular formula is C15H20F2N2O5S. The first-order chi connectivity index (χ1) is 11.6. The maximum atomic E-state index is 12.8. The number of amides is 1. The predicted octanol–water partition coefficient (Wildman–Crippen LogP) is 1.40. The second kappa shape index (κ2) is 7.52. The maximum absolute atomic E-state index is 12.8. The summed E-state index contributed by atoms with van der Waals surface area (Å²) in [6.45, 7) is -3.07. The van der Waals surface area contributed by atoms with Gasteiger partial charge in [-0.1, -0.05) is 0 Å². The molecule has 140 valence electrons. The monoisotopic (exact) mass is 378 g/mol. The number of rotatable bonds is 6. The number of sulfone groups is 1. The van der Waals surface area contributed by atoms with Crippen molar-refractivity contribution in [2.24, 2.45) is 0 Å². The van der Waals surface area contributed by atoms with Crippen LogP contribution in [0.4, 0.5) is 8.78 Å². The van der Waals surface area contributed by atoms with Crippen LogP contribution in [-0.2, 0) is 9.84 Å². The van der Waals surface area contributed by atoms with Crippen LogP contribution in [0, 0.1) is 0 Å². The summed E-state index contributed by atoms with van der Waals surface area (Å²) in [5.41, 5.74) is 0.0921. The summed E-state index contributed by atoms with van der Waals surface area (Å²) in [5, 5.41) is 2.81. The van der Waals surface area contributed by atoms with Crippen LogP contribution in [0.3, 0.4) is 0 Å². The van der Waals surface area contributed by atoms with Crippen LogP contribution in [-0.4, -0.2) is 69.7 Å². The molecule has 1 aromatic rings. The van der Waals surface area contributed by atoms with Crippen molar-refractivity contribution < 1.29 is 31.5 Å². The fourth-order valence-electron chi connectivity index (χ4n) is 2.77. The highest BCUT2D eigenvalue weighted by Gasteiger charge is 2.36. The van der Waals surface area contributed by atoms with Crippen molar-refractivity contribution in [1.82, 2.24) is 10.0 Å². The lowest BCUT2D eigenvalue weighted by molar-refractivity contribution is -0.0513. The van der Waals surface area contributed by atoms with E-state index in [2.05, 4.69) is 4.74 Å². The smallest absolute Gasteiger partial charge is 0.387 e. The zero-order valence-electron chi connectivity index (χ0n) is 14.1. The summed E-state index contributed by atoms with van der Waals surface area (Å²) in [6.07, 6.45) is 0.322. The minimum absolute atomic E-state index is 0.0116. The molecule has 0 spiro atoms. The van der Waals surface area contributed by atoms with Crippen molar-refractivity contribution in [3.8, 4) is 11.5 Å². The number of hydrogen-bond donors (Lipinski definition) is 0. The average molecular weight is 378 g/mol. The molecule has 0 radical (unpaired) electrons. The minimum atomic E-state index is -3.19. The van der Waals surface area contributed by atoms with Crippen molar-refractivity contribution in [2.45, 2.75) is 19.1 Å². The summed E-state index contributed by atoms with van der Waals surface area (Å²) < 4.78 is 57.8. The number of ether oxygens (including phenoxy) is 2. The molecule has 1 unspecified atom stereocenters. The number of alkyl halides is 2. The Balaban J connectivity index is 2.33. The molecule has 1 saturated heterocycles. The molecule has 1 aromatic carbocycles. The molecule has 1 aliphatic rings. The summed E-state index contributed by atoms with van der Waals surface area (Å²) in [5.74, 6) is -0.822. The number of carbonyl (C=O) groups is 1. The van der Waals surface area contributed by atoms with E-state index in [0.717, 1.165) is 6.07 Å². The minimum Gasteiger partial charge on any atom is -0.493 e. The highest BCUT2D eigenvalue weighted by molar-refractivity contribution is 7.91. The van der Waals surface area contributed by atoms with E-state index in [-0.39, 0.29) is 28.6 Å². The Morgan fingerprint density at radius 3 is 2.44 bits per heavy atom. The van der Waals surface area contributed by atoms with E-state index >= 15 is 0 Å². The van der Waals surface area contributed by atoms with E-state index in [4.69, 9.17) is 4.74 Å². The molecule has 0 N–H and O–H groups in total. The van der Waals surface area contributed by atoms with Gasteiger partial charge in [0.2, 0.25) is 0 Å². The fraction of sp³-hybridized carbons (Fsp3) is 0.533. The third kappa shape index (κ3) is 4.57. The first kappa shape index (κ1) is 19.4. The van der Waals surface area contributed by atoms with Gasteiger partial charge in [0.15, 0.2) is 21.3 Å². The molecule has 1 heterocycles. The van der Waals surface area contributed by atoms with Crippen molar-refractivity contribution in [2.75, 3.05) is 32.7 Å². The van der Waals surface area contributed by atoms with Gasteiger partial charge in [-0.3, -0.25) is 9.80 Å². The quantitative estimate of drug-likeness (QED) is 0.697. The lowest BCUT2D eigenvalue weighted by Gasteiger charge is -2.33. The highest BCUT2D eigenvalue weighted by Crippen LogP contribution is 2.31. The topological polar surface area (TPSA) is 76.2 Å². The van der Waals surface area contributed by atoms with Gasteiger partial charge in [-0.25, -0.2) is 13.4 Å². The van der Waals surface area contributed by atoms with E-state index in [1.54, 1.807) is 14.1 Å². The molecular weight excluding hydrogens is 358 g/mol. The summed E-state index contributed by atoms with van der Waals surface area (Å²) in [6, 6.07) is 3.42. The molecule has 1 fully saturated rings. The van der Waals surface area contributed by atoms with Crippen LogP contribution in [0.5, 0.6) is 11.5 Å². The lowest BCUT2D eigenvalue weighted by atomic mass is 10.1. The van der Waals surface area contributed by atoms with Crippen molar-refractivity contribution in [3.05, 3.63) is 23.8 Å². The van der Waals surface area contributed by atoms with Gasteiger partial charge in [0.1, 0.15) is 0 Å². The molecule has 0 bridgehead atoms. The lowest BCUT2D eigenvalue weighted by Crippen LogP contribution is -2.49. The Morgan fingerprint density at radius 1 is 1.28 bits per heavy atom. The van der Waals surface area contributed by atoms with Gasteiger partial charge in [-0.15, -0.1) is 0 Å². The van der Waals surface area contributed by atoms with E-state index in [9.17, 15) is 22.0 Å². The zero-order valence-corrected chi connectivity index (χ0v) is 14.9. The number of benzene rings is 1. The van der Waals surface area contributed by atoms with Crippen molar-refractivity contribution in [3.63, 3.8) is 0 Å². The molecule has 25 heavy (non-hydrogen) atoms. The standard InChI is InChI=1S/C15H20F2N2O5S/c1-18(2)19(11-6-7-25(21,22)9-11)14(20)10-4-5-12(23-3)13(8-10)24-15(16)17/h4-5,8,11,15H,6-7,9H2,1-3H3. The van der Waals surface area contributed by atoms with Crippen LogP contribution in [0.25, 0.3) is 0 Å². The Morgan fingerprint density at radius 2 is 1.96 bits per heavy atom. The van der Waals surface area contributed by atoms with Crippen LogP contribution in [0.2, 0.25) is 0 Å². The van der Waals surface area contributed by atoms with Crippen LogP contribution in [0.15, 0.2) is 18.2 Å². The zero-order chi connectivity index (χ0) is 18.8. The second-order valence-electron chi connectivity index (χ2n) is 5.80. The molecule has 0 aromatic heterocycles. The fourth-order valence-corrected chi connectivity index (χ4v) is 4.46.